The summed E-state index contributed by atoms with van der Waals surface area (Å²) in [5.74, 6) is 0.695. The largest absolute Gasteiger partial charge is 0.327 e. The topological polar surface area (TPSA) is 41.6 Å². The molecule has 0 saturated heterocycles. The maximum atomic E-state index is 9.49. The average Bonchev–Trinajstić information content (AvgIpc) is 2.82. The van der Waals surface area contributed by atoms with Gasteiger partial charge >= 0.3 is 0 Å². The number of imidazole rings is 1. The average molecular weight is 273 g/mol. The number of hydrogen-bond acceptors (Lipinski definition) is 2. The van der Waals surface area contributed by atoms with Crippen molar-refractivity contribution >= 4 is 22.7 Å². The molecule has 0 amide bonds. The summed E-state index contributed by atoms with van der Waals surface area (Å²) in [6.07, 6.45) is 1.88. The number of benzene rings is 2. The number of hydrogen-bond donors (Lipinski definition) is 0. The Labute approximate surface area is 123 Å². The molecule has 0 aliphatic carbocycles. The lowest BCUT2D eigenvalue weighted by atomic mass is 10.1. The number of aryl methyl sites for hydroxylation is 2. The summed E-state index contributed by atoms with van der Waals surface area (Å²) in [4.78, 5) is 4.57. The van der Waals surface area contributed by atoms with Crippen LogP contribution in [-0.4, -0.2) is 9.55 Å². The lowest BCUT2D eigenvalue weighted by Gasteiger charge is -2.01. The predicted octanol–water partition coefficient (Wildman–Crippen LogP) is 3.95. The number of aromatic nitrogens is 2. The van der Waals surface area contributed by atoms with Gasteiger partial charge < -0.3 is 4.57 Å². The zero-order valence-corrected chi connectivity index (χ0v) is 12.0. The van der Waals surface area contributed by atoms with Crippen LogP contribution in [0.3, 0.4) is 0 Å². The first-order chi connectivity index (χ1) is 10.2. The van der Waals surface area contributed by atoms with E-state index in [0.29, 0.717) is 11.4 Å². The number of rotatable bonds is 2. The van der Waals surface area contributed by atoms with E-state index < -0.39 is 0 Å². The third-order valence-electron chi connectivity index (χ3n) is 3.50. The van der Waals surface area contributed by atoms with Gasteiger partial charge in [0.25, 0.3) is 0 Å². The molecule has 1 heterocycles. The number of nitriles is 1. The smallest absolute Gasteiger partial charge is 0.151 e. The Balaban J connectivity index is 2.15. The Bertz CT molecular complexity index is 879. The Hall–Kier alpha value is -2.86. The van der Waals surface area contributed by atoms with Gasteiger partial charge in [0.05, 0.1) is 16.6 Å². The molecule has 0 radical (unpaired) electrons. The van der Waals surface area contributed by atoms with Crippen LogP contribution in [0, 0.1) is 18.3 Å². The number of allylic oxidation sites excluding steroid dienone is 1. The van der Waals surface area contributed by atoms with E-state index in [0.717, 1.165) is 16.6 Å². The minimum Gasteiger partial charge on any atom is -0.327 e. The highest BCUT2D eigenvalue weighted by Crippen LogP contribution is 2.22. The maximum Gasteiger partial charge on any atom is 0.151 e. The molecule has 0 aliphatic rings. The van der Waals surface area contributed by atoms with Crippen LogP contribution in [0.5, 0.6) is 0 Å². The molecular weight excluding hydrogens is 258 g/mol. The van der Waals surface area contributed by atoms with Crippen LogP contribution in [0.1, 0.15) is 17.0 Å². The van der Waals surface area contributed by atoms with E-state index in [1.807, 2.05) is 67.1 Å². The summed E-state index contributed by atoms with van der Waals surface area (Å²) in [7, 11) is 1.94. The second kappa shape index (κ2) is 5.26. The number of para-hydroxylation sites is 2. The lowest BCUT2D eigenvalue weighted by molar-refractivity contribution is 0.925. The molecule has 0 N–H and O–H groups in total. The van der Waals surface area contributed by atoms with Gasteiger partial charge in [-0.1, -0.05) is 42.0 Å². The monoisotopic (exact) mass is 273 g/mol. The molecule has 0 atom stereocenters. The molecule has 0 saturated carbocycles. The summed E-state index contributed by atoms with van der Waals surface area (Å²) in [5, 5.41) is 9.49. The molecule has 1 aromatic heterocycles. The van der Waals surface area contributed by atoms with Crippen molar-refractivity contribution in [1.29, 1.82) is 5.26 Å². The minimum absolute atomic E-state index is 0.569. The van der Waals surface area contributed by atoms with Gasteiger partial charge in [0, 0.05) is 7.05 Å². The molecule has 0 aliphatic heterocycles. The van der Waals surface area contributed by atoms with Gasteiger partial charge in [-0.3, -0.25) is 0 Å². The van der Waals surface area contributed by atoms with Gasteiger partial charge in [-0.2, -0.15) is 5.26 Å². The van der Waals surface area contributed by atoms with E-state index in [1.54, 1.807) is 0 Å². The van der Waals surface area contributed by atoms with Gasteiger partial charge in [-0.25, -0.2) is 4.98 Å². The van der Waals surface area contributed by atoms with Crippen LogP contribution >= 0.6 is 0 Å². The van der Waals surface area contributed by atoms with Crippen molar-refractivity contribution in [1.82, 2.24) is 9.55 Å². The molecule has 3 aromatic rings. The van der Waals surface area contributed by atoms with Crippen LogP contribution in [0.15, 0.2) is 48.5 Å². The second-order valence-corrected chi connectivity index (χ2v) is 5.07. The highest BCUT2D eigenvalue weighted by molar-refractivity contribution is 5.90. The molecule has 0 fully saturated rings. The summed E-state index contributed by atoms with van der Waals surface area (Å²) in [6, 6.07) is 18.2. The van der Waals surface area contributed by atoms with Crippen LogP contribution < -0.4 is 0 Å². The van der Waals surface area contributed by atoms with Crippen LogP contribution in [-0.2, 0) is 7.05 Å². The molecule has 102 valence electrons. The van der Waals surface area contributed by atoms with E-state index in [-0.39, 0.29) is 0 Å². The van der Waals surface area contributed by atoms with Gasteiger partial charge in [0.2, 0.25) is 0 Å². The van der Waals surface area contributed by atoms with Crippen molar-refractivity contribution in [2.75, 3.05) is 0 Å². The molecule has 0 spiro atoms. The van der Waals surface area contributed by atoms with Crippen molar-refractivity contribution in [3.63, 3.8) is 0 Å². The predicted molar refractivity (Wildman–Crippen MR) is 85.4 cm³/mol. The van der Waals surface area contributed by atoms with Crippen LogP contribution in [0.25, 0.3) is 22.7 Å². The maximum absolute atomic E-state index is 9.49. The first kappa shape index (κ1) is 13.1. The number of fused-ring (bicyclic) bond motifs is 1. The first-order valence-corrected chi connectivity index (χ1v) is 6.79. The molecule has 2 aromatic carbocycles. The first-order valence-electron chi connectivity index (χ1n) is 6.79. The molecule has 0 unspecified atom stereocenters. The summed E-state index contributed by atoms with van der Waals surface area (Å²) >= 11 is 0. The van der Waals surface area contributed by atoms with Crippen LogP contribution in [0.2, 0.25) is 0 Å². The van der Waals surface area contributed by atoms with Gasteiger partial charge in [-0.15, -0.1) is 0 Å². The molecular formula is C18H15N3. The van der Waals surface area contributed by atoms with E-state index in [2.05, 4.69) is 17.1 Å². The summed E-state index contributed by atoms with van der Waals surface area (Å²) in [6.45, 7) is 2.04. The summed E-state index contributed by atoms with van der Waals surface area (Å²) < 4.78 is 1.96. The van der Waals surface area contributed by atoms with E-state index in [1.165, 1.54) is 5.56 Å². The minimum atomic E-state index is 0.569. The lowest BCUT2D eigenvalue weighted by Crippen LogP contribution is -1.96. The van der Waals surface area contributed by atoms with Crippen molar-refractivity contribution in [2.45, 2.75) is 6.92 Å². The van der Waals surface area contributed by atoms with E-state index in [9.17, 15) is 5.26 Å². The zero-order chi connectivity index (χ0) is 14.8. The Morgan fingerprint density at radius 2 is 2.00 bits per heavy atom. The highest BCUT2D eigenvalue weighted by atomic mass is 15.1. The fourth-order valence-corrected chi connectivity index (χ4v) is 2.46. The van der Waals surface area contributed by atoms with Crippen molar-refractivity contribution in [3.8, 4) is 6.07 Å². The fourth-order valence-electron chi connectivity index (χ4n) is 2.46. The quantitative estimate of drug-likeness (QED) is 0.663. The molecule has 0 bridgehead atoms. The van der Waals surface area contributed by atoms with Crippen LogP contribution in [0.4, 0.5) is 0 Å². The highest BCUT2D eigenvalue weighted by Gasteiger charge is 2.11. The zero-order valence-electron chi connectivity index (χ0n) is 12.0. The SMILES string of the molecule is Cc1cccc(/C=C(/C#N)c2nc3ccccc3n2C)c1. The van der Waals surface area contributed by atoms with E-state index in [4.69, 9.17) is 0 Å². The third-order valence-corrected chi connectivity index (χ3v) is 3.50. The Kier molecular flexibility index (Phi) is 3.29. The Morgan fingerprint density at radius 3 is 2.71 bits per heavy atom. The third kappa shape index (κ3) is 2.44. The van der Waals surface area contributed by atoms with E-state index >= 15 is 0 Å². The van der Waals surface area contributed by atoms with Gasteiger partial charge in [0.1, 0.15) is 6.07 Å². The van der Waals surface area contributed by atoms with Crippen molar-refractivity contribution in [2.24, 2.45) is 7.05 Å². The second-order valence-electron chi connectivity index (χ2n) is 5.07. The standard InChI is InChI=1S/C18H15N3/c1-13-6-5-7-14(10-13)11-15(12-19)18-20-16-8-3-4-9-17(16)21(18)2/h3-11H,1-2H3/b15-11-. The number of nitrogens with zero attached hydrogens (tertiary/aromatic N) is 3. The molecule has 3 rings (SSSR count). The molecule has 3 heteroatoms. The van der Waals surface area contributed by atoms with Gasteiger partial charge in [-0.05, 0) is 30.7 Å². The fraction of sp³-hybridized carbons (Fsp3) is 0.111. The summed E-state index contributed by atoms with van der Waals surface area (Å²) in [5.41, 5.74) is 4.68. The normalized spacial score (nSPS) is 11.6. The Morgan fingerprint density at radius 1 is 1.19 bits per heavy atom. The molecule has 21 heavy (non-hydrogen) atoms. The van der Waals surface area contributed by atoms with Crippen molar-refractivity contribution < 1.29 is 0 Å². The molecule has 3 nitrogen and oxygen atoms in total. The van der Waals surface area contributed by atoms with Gasteiger partial charge in [0.15, 0.2) is 5.82 Å². The van der Waals surface area contributed by atoms with Crippen molar-refractivity contribution in [3.05, 3.63) is 65.5 Å².